The Kier molecular flexibility index (Phi) is 3.28. The molecular weight excluding hydrogens is 230 g/mol. The van der Waals surface area contributed by atoms with Crippen LogP contribution in [-0.2, 0) is 11.2 Å². The van der Waals surface area contributed by atoms with Crippen LogP contribution in [0.25, 0.3) is 5.52 Å². The number of rotatable bonds is 4. The number of carboxylic acid groups (broad SMARTS) is 1. The van der Waals surface area contributed by atoms with Gasteiger partial charge in [0.2, 0.25) is 0 Å². The minimum atomic E-state index is -0.812. The monoisotopic (exact) mass is 243 g/mol. The smallest absolute Gasteiger partial charge is 0.303 e. The van der Waals surface area contributed by atoms with E-state index in [-0.39, 0.29) is 6.42 Å². The number of imidazole rings is 1. The van der Waals surface area contributed by atoms with Gasteiger partial charge in [0.05, 0.1) is 5.52 Å². The van der Waals surface area contributed by atoms with Crippen molar-refractivity contribution in [3.05, 3.63) is 35.4 Å². The Morgan fingerprint density at radius 3 is 3.00 bits per heavy atom. The van der Waals surface area contributed by atoms with Gasteiger partial charge in [-0.2, -0.15) is 5.26 Å². The molecule has 5 heteroatoms. The topological polar surface area (TPSA) is 78.4 Å². The minimum Gasteiger partial charge on any atom is -0.481 e. The van der Waals surface area contributed by atoms with Gasteiger partial charge in [-0.05, 0) is 25.0 Å². The number of hydrogen-bond acceptors (Lipinski definition) is 3. The lowest BCUT2D eigenvalue weighted by molar-refractivity contribution is -0.137. The van der Waals surface area contributed by atoms with E-state index in [1.165, 1.54) is 0 Å². The molecule has 0 saturated heterocycles. The van der Waals surface area contributed by atoms with Crippen LogP contribution < -0.4 is 0 Å². The number of aliphatic carboxylic acids is 1. The van der Waals surface area contributed by atoms with E-state index in [1.807, 2.05) is 29.7 Å². The maximum atomic E-state index is 10.5. The van der Waals surface area contributed by atoms with Crippen molar-refractivity contribution in [3.63, 3.8) is 0 Å². The van der Waals surface area contributed by atoms with Gasteiger partial charge in [-0.3, -0.25) is 4.79 Å². The van der Waals surface area contributed by atoms with Crippen molar-refractivity contribution in [1.82, 2.24) is 9.38 Å². The van der Waals surface area contributed by atoms with Crippen molar-refractivity contribution < 1.29 is 9.90 Å². The average molecular weight is 243 g/mol. The van der Waals surface area contributed by atoms with Crippen LogP contribution in [0.15, 0.2) is 18.3 Å². The standard InChI is InChI=1S/C13H13N3O2/c1-9-5-6-11-10(7-14)15-12(16(11)8-9)3-2-4-13(17)18/h5-6,8H,2-4H2,1H3,(H,17,18). The van der Waals surface area contributed by atoms with Gasteiger partial charge < -0.3 is 9.51 Å². The van der Waals surface area contributed by atoms with E-state index in [0.29, 0.717) is 18.5 Å². The number of fused-ring (bicyclic) bond motifs is 1. The van der Waals surface area contributed by atoms with Crippen molar-refractivity contribution in [1.29, 1.82) is 5.26 Å². The van der Waals surface area contributed by atoms with Crippen molar-refractivity contribution in [2.24, 2.45) is 0 Å². The van der Waals surface area contributed by atoms with E-state index in [2.05, 4.69) is 11.1 Å². The van der Waals surface area contributed by atoms with E-state index in [0.717, 1.165) is 16.9 Å². The molecule has 2 rings (SSSR count). The van der Waals surface area contributed by atoms with E-state index >= 15 is 0 Å². The van der Waals surface area contributed by atoms with E-state index in [1.54, 1.807) is 0 Å². The summed E-state index contributed by atoms with van der Waals surface area (Å²) in [5.74, 6) is -0.0703. The summed E-state index contributed by atoms with van der Waals surface area (Å²) < 4.78 is 1.87. The molecule has 0 radical (unpaired) electrons. The molecule has 0 spiro atoms. The molecule has 0 bridgehead atoms. The fourth-order valence-corrected chi connectivity index (χ4v) is 1.91. The number of carboxylic acids is 1. The Labute approximate surface area is 104 Å². The van der Waals surface area contributed by atoms with E-state index in [9.17, 15) is 4.79 Å². The SMILES string of the molecule is Cc1ccc2c(C#N)nc(CCCC(=O)O)n2c1. The number of carbonyl (C=O) groups is 1. The van der Waals surface area contributed by atoms with Crippen LogP contribution in [0.5, 0.6) is 0 Å². The Morgan fingerprint density at radius 1 is 1.56 bits per heavy atom. The molecule has 0 amide bonds. The van der Waals surface area contributed by atoms with Crippen LogP contribution >= 0.6 is 0 Å². The molecule has 0 unspecified atom stereocenters. The second-order valence-corrected chi connectivity index (χ2v) is 4.20. The number of hydrogen-bond donors (Lipinski definition) is 1. The van der Waals surface area contributed by atoms with Crippen molar-refractivity contribution >= 4 is 11.5 Å². The Balaban J connectivity index is 2.35. The fourth-order valence-electron chi connectivity index (χ4n) is 1.91. The van der Waals surface area contributed by atoms with Crippen molar-refractivity contribution in [3.8, 4) is 6.07 Å². The summed E-state index contributed by atoms with van der Waals surface area (Å²) in [6.07, 6.45) is 3.10. The number of pyridine rings is 1. The van der Waals surface area contributed by atoms with E-state index in [4.69, 9.17) is 10.4 Å². The zero-order valence-electron chi connectivity index (χ0n) is 10.1. The molecule has 0 atom stereocenters. The van der Waals surface area contributed by atoms with Crippen LogP contribution in [0.2, 0.25) is 0 Å². The van der Waals surface area contributed by atoms with E-state index < -0.39 is 5.97 Å². The Bertz CT molecular complexity index is 637. The van der Waals surface area contributed by atoms with Crippen LogP contribution in [0.3, 0.4) is 0 Å². The molecule has 92 valence electrons. The molecule has 0 aliphatic rings. The molecule has 5 nitrogen and oxygen atoms in total. The average Bonchev–Trinajstić information content (AvgIpc) is 2.66. The summed E-state index contributed by atoms with van der Waals surface area (Å²) >= 11 is 0. The molecule has 18 heavy (non-hydrogen) atoms. The highest BCUT2D eigenvalue weighted by Crippen LogP contribution is 2.15. The Morgan fingerprint density at radius 2 is 2.33 bits per heavy atom. The lowest BCUT2D eigenvalue weighted by Crippen LogP contribution is -1.99. The summed E-state index contributed by atoms with van der Waals surface area (Å²) in [5.41, 5.74) is 2.23. The zero-order valence-corrected chi connectivity index (χ0v) is 10.1. The first kappa shape index (κ1) is 12.1. The van der Waals surface area contributed by atoms with Crippen LogP contribution in [0.4, 0.5) is 0 Å². The second-order valence-electron chi connectivity index (χ2n) is 4.20. The third kappa shape index (κ3) is 2.33. The summed E-state index contributed by atoms with van der Waals surface area (Å²) in [4.78, 5) is 14.7. The van der Waals surface area contributed by atoms with Crippen LogP contribution in [0.1, 0.15) is 29.9 Å². The molecule has 0 aliphatic carbocycles. The van der Waals surface area contributed by atoms with Gasteiger partial charge in [-0.15, -0.1) is 0 Å². The first-order valence-corrected chi connectivity index (χ1v) is 5.71. The number of nitriles is 1. The van der Waals surface area contributed by atoms with Crippen LogP contribution in [0, 0.1) is 18.3 Å². The summed E-state index contributed by atoms with van der Waals surface area (Å²) in [6, 6.07) is 5.85. The molecule has 0 aliphatic heterocycles. The fraction of sp³-hybridized carbons (Fsp3) is 0.308. The van der Waals surface area contributed by atoms with Gasteiger partial charge in [0.25, 0.3) is 0 Å². The van der Waals surface area contributed by atoms with Crippen molar-refractivity contribution in [2.75, 3.05) is 0 Å². The number of nitrogens with zero attached hydrogens (tertiary/aromatic N) is 3. The number of aryl methyl sites for hydroxylation is 2. The quantitative estimate of drug-likeness (QED) is 0.889. The maximum Gasteiger partial charge on any atom is 0.303 e. The zero-order chi connectivity index (χ0) is 13.1. The van der Waals surface area contributed by atoms with Gasteiger partial charge in [-0.1, -0.05) is 6.07 Å². The van der Waals surface area contributed by atoms with Gasteiger partial charge in [-0.25, -0.2) is 4.98 Å². The largest absolute Gasteiger partial charge is 0.481 e. The first-order valence-electron chi connectivity index (χ1n) is 5.71. The lowest BCUT2D eigenvalue weighted by atomic mass is 10.2. The highest BCUT2D eigenvalue weighted by atomic mass is 16.4. The predicted octanol–water partition coefficient (Wildman–Crippen LogP) is 1.92. The normalized spacial score (nSPS) is 10.4. The molecule has 0 fully saturated rings. The molecule has 2 aromatic rings. The van der Waals surface area contributed by atoms with Gasteiger partial charge in [0.1, 0.15) is 11.9 Å². The molecule has 1 N–H and O–H groups in total. The van der Waals surface area contributed by atoms with Crippen molar-refractivity contribution in [2.45, 2.75) is 26.2 Å². The van der Waals surface area contributed by atoms with Crippen LogP contribution in [-0.4, -0.2) is 20.5 Å². The third-order valence-electron chi connectivity index (χ3n) is 2.75. The lowest BCUT2D eigenvalue weighted by Gasteiger charge is -2.01. The molecular formula is C13H13N3O2. The van der Waals surface area contributed by atoms with Gasteiger partial charge >= 0.3 is 5.97 Å². The first-order chi connectivity index (χ1) is 8.61. The molecule has 0 saturated carbocycles. The number of aromatic nitrogens is 2. The molecule has 2 aromatic heterocycles. The molecule has 2 heterocycles. The summed E-state index contributed by atoms with van der Waals surface area (Å²) in [5, 5.41) is 17.6. The third-order valence-corrected chi connectivity index (χ3v) is 2.75. The van der Waals surface area contributed by atoms with Gasteiger partial charge in [0, 0.05) is 19.0 Å². The predicted molar refractivity (Wildman–Crippen MR) is 65.2 cm³/mol. The minimum absolute atomic E-state index is 0.114. The Hall–Kier alpha value is -2.35. The van der Waals surface area contributed by atoms with Gasteiger partial charge in [0.15, 0.2) is 5.69 Å². The highest BCUT2D eigenvalue weighted by molar-refractivity contribution is 5.66. The second kappa shape index (κ2) is 4.88. The summed E-state index contributed by atoms with van der Waals surface area (Å²) in [7, 11) is 0. The molecule has 0 aromatic carbocycles. The summed E-state index contributed by atoms with van der Waals surface area (Å²) in [6.45, 7) is 1.96. The highest BCUT2D eigenvalue weighted by Gasteiger charge is 2.10. The maximum absolute atomic E-state index is 10.5.